The molecule has 0 amide bonds. The fourth-order valence-corrected chi connectivity index (χ4v) is 4.39. The first-order valence-electron chi connectivity index (χ1n) is 5.39. The highest BCUT2D eigenvalue weighted by Gasteiger charge is 2.43. The molecule has 1 saturated carbocycles. The summed E-state index contributed by atoms with van der Waals surface area (Å²) in [6, 6.07) is 10.6. The molecule has 3 rings (SSSR count). The van der Waals surface area contributed by atoms with Crippen LogP contribution in [-0.4, -0.2) is 10.6 Å². The maximum Gasteiger partial charge on any atom is 0.0526 e. The average Bonchev–Trinajstić information content (AvgIpc) is 2.84. The summed E-state index contributed by atoms with van der Waals surface area (Å²) in [5.41, 5.74) is 0. The molecule has 15 heavy (non-hydrogen) atoms. The Morgan fingerprint density at radius 1 is 1.07 bits per heavy atom. The number of hydrogen-bond acceptors (Lipinski definition) is 1. The van der Waals surface area contributed by atoms with Gasteiger partial charge in [0.25, 0.3) is 0 Å². The van der Waals surface area contributed by atoms with Gasteiger partial charge in [-0.25, -0.2) is 0 Å². The minimum absolute atomic E-state index is 0.324. The van der Waals surface area contributed by atoms with Crippen LogP contribution in [0.5, 0.6) is 0 Å². The molecule has 0 N–H and O–H groups in total. The zero-order valence-corrected chi connectivity index (χ0v) is 9.92. The van der Waals surface area contributed by atoms with Crippen molar-refractivity contribution >= 4 is 23.4 Å². The molecule has 1 aromatic carbocycles. The van der Waals surface area contributed by atoms with Crippen LogP contribution in [0.2, 0.25) is 0 Å². The molecule has 78 valence electrons. The average molecular weight is 237 g/mol. The van der Waals surface area contributed by atoms with E-state index in [0.717, 1.165) is 0 Å². The van der Waals surface area contributed by atoms with E-state index in [1.807, 2.05) is 11.8 Å². The van der Waals surface area contributed by atoms with E-state index in [-0.39, 0.29) is 0 Å². The highest BCUT2D eigenvalue weighted by molar-refractivity contribution is 8.00. The standard InChI is InChI=1S/C13H13ClS/c14-12-9-6-7-10(8-9)13(12)15-11-4-2-1-3-5-11/h1-7,9-10,12-13H,8H2/t9-,10+,12-,13-/m0/s1. The predicted octanol–water partition coefficient (Wildman–Crippen LogP) is 3.96. The molecule has 0 aromatic heterocycles. The third-order valence-corrected chi connectivity index (χ3v) is 5.51. The molecule has 0 heterocycles. The maximum atomic E-state index is 6.45. The van der Waals surface area contributed by atoms with Gasteiger partial charge in [-0.3, -0.25) is 0 Å². The van der Waals surface area contributed by atoms with Crippen LogP contribution in [0, 0.1) is 11.8 Å². The molecule has 2 aliphatic carbocycles. The van der Waals surface area contributed by atoms with Gasteiger partial charge in [-0.2, -0.15) is 0 Å². The number of alkyl halides is 1. The van der Waals surface area contributed by atoms with Crippen LogP contribution in [0.1, 0.15) is 6.42 Å². The molecular weight excluding hydrogens is 224 g/mol. The van der Waals surface area contributed by atoms with Gasteiger partial charge in [0.15, 0.2) is 0 Å². The van der Waals surface area contributed by atoms with E-state index in [1.165, 1.54) is 11.3 Å². The number of benzene rings is 1. The molecule has 0 radical (unpaired) electrons. The number of fused-ring (bicyclic) bond motifs is 2. The first-order chi connectivity index (χ1) is 7.34. The van der Waals surface area contributed by atoms with Crippen molar-refractivity contribution in [2.45, 2.75) is 21.9 Å². The first-order valence-corrected chi connectivity index (χ1v) is 6.70. The fourth-order valence-electron chi connectivity index (χ4n) is 2.52. The molecule has 2 bridgehead atoms. The summed E-state index contributed by atoms with van der Waals surface area (Å²) >= 11 is 8.39. The zero-order chi connectivity index (χ0) is 10.3. The van der Waals surface area contributed by atoms with Gasteiger partial charge in [0, 0.05) is 10.1 Å². The van der Waals surface area contributed by atoms with Crippen molar-refractivity contribution in [3.8, 4) is 0 Å². The zero-order valence-electron chi connectivity index (χ0n) is 8.34. The second-order valence-electron chi connectivity index (χ2n) is 4.29. The highest BCUT2D eigenvalue weighted by atomic mass is 35.5. The summed E-state index contributed by atoms with van der Waals surface area (Å²) in [5.74, 6) is 1.32. The van der Waals surface area contributed by atoms with E-state index in [1.54, 1.807) is 0 Å². The predicted molar refractivity (Wildman–Crippen MR) is 66.5 cm³/mol. The molecular formula is C13H13ClS. The number of thioether (sulfide) groups is 1. The van der Waals surface area contributed by atoms with Crippen molar-refractivity contribution in [1.82, 2.24) is 0 Å². The largest absolute Gasteiger partial charge is 0.121 e. The molecule has 0 nitrogen and oxygen atoms in total. The van der Waals surface area contributed by atoms with Crippen LogP contribution >= 0.6 is 23.4 Å². The van der Waals surface area contributed by atoms with E-state index in [0.29, 0.717) is 22.5 Å². The highest BCUT2D eigenvalue weighted by Crippen LogP contribution is 2.49. The maximum absolute atomic E-state index is 6.45. The molecule has 2 heteroatoms. The Kier molecular flexibility index (Phi) is 2.53. The molecule has 1 fully saturated rings. The van der Waals surface area contributed by atoms with E-state index in [2.05, 4.69) is 42.5 Å². The molecule has 0 unspecified atom stereocenters. The second-order valence-corrected chi connectivity index (χ2v) is 6.04. The third kappa shape index (κ3) is 1.72. The third-order valence-electron chi connectivity index (χ3n) is 3.31. The number of halogens is 1. The quantitative estimate of drug-likeness (QED) is 0.553. The molecule has 4 atom stereocenters. The van der Waals surface area contributed by atoms with Crippen molar-refractivity contribution in [3.63, 3.8) is 0 Å². The van der Waals surface area contributed by atoms with Gasteiger partial charge in [-0.1, -0.05) is 30.4 Å². The van der Waals surface area contributed by atoms with E-state index in [4.69, 9.17) is 11.6 Å². The van der Waals surface area contributed by atoms with Crippen LogP contribution in [0.4, 0.5) is 0 Å². The van der Waals surface area contributed by atoms with E-state index >= 15 is 0 Å². The second kappa shape index (κ2) is 3.88. The lowest BCUT2D eigenvalue weighted by Crippen LogP contribution is -2.21. The topological polar surface area (TPSA) is 0 Å². The van der Waals surface area contributed by atoms with Crippen molar-refractivity contribution < 1.29 is 0 Å². The summed E-state index contributed by atoms with van der Waals surface area (Å²) in [4.78, 5) is 1.34. The lowest BCUT2D eigenvalue weighted by Gasteiger charge is -2.22. The SMILES string of the molecule is Cl[C@@H]1[C@@H](Sc2ccccc2)[C@@H]2C=C[C@H]1C2. The van der Waals surface area contributed by atoms with Crippen LogP contribution in [-0.2, 0) is 0 Å². The molecule has 0 aliphatic heterocycles. The number of rotatable bonds is 2. The Balaban J connectivity index is 1.77. The fraction of sp³-hybridized carbons (Fsp3) is 0.385. The molecule has 0 spiro atoms. The molecule has 2 aliphatic rings. The Hall–Kier alpha value is -0.400. The lowest BCUT2D eigenvalue weighted by molar-refractivity contribution is 0.695. The number of allylic oxidation sites excluding steroid dienone is 2. The van der Waals surface area contributed by atoms with E-state index in [9.17, 15) is 0 Å². The van der Waals surface area contributed by atoms with Crippen LogP contribution in [0.15, 0.2) is 47.4 Å². The van der Waals surface area contributed by atoms with E-state index < -0.39 is 0 Å². The van der Waals surface area contributed by atoms with Gasteiger partial charge in [-0.15, -0.1) is 23.4 Å². The van der Waals surface area contributed by atoms with Gasteiger partial charge in [0.1, 0.15) is 0 Å². The van der Waals surface area contributed by atoms with Crippen molar-refractivity contribution in [1.29, 1.82) is 0 Å². The normalized spacial score (nSPS) is 37.4. The lowest BCUT2D eigenvalue weighted by atomic mass is 10.1. The van der Waals surface area contributed by atoms with Gasteiger partial charge in [-0.05, 0) is 30.4 Å². The minimum Gasteiger partial charge on any atom is -0.121 e. The summed E-state index contributed by atoms with van der Waals surface area (Å²) in [7, 11) is 0. The number of hydrogen-bond donors (Lipinski definition) is 0. The first kappa shape index (κ1) is 9.80. The van der Waals surface area contributed by atoms with Crippen molar-refractivity contribution in [2.24, 2.45) is 11.8 Å². The summed E-state index contributed by atoms with van der Waals surface area (Å²) < 4.78 is 0. The van der Waals surface area contributed by atoms with Crippen LogP contribution in [0.3, 0.4) is 0 Å². The smallest absolute Gasteiger partial charge is 0.0526 e. The Morgan fingerprint density at radius 3 is 2.47 bits per heavy atom. The Morgan fingerprint density at radius 2 is 1.80 bits per heavy atom. The van der Waals surface area contributed by atoms with Gasteiger partial charge in [0.05, 0.1) is 5.38 Å². The van der Waals surface area contributed by atoms with Gasteiger partial charge < -0.3 is 0 Å². The molecule has 0 saturated heterocycles. The van der Waals surface area contributed by atoms with Crippen molar-refractivity contribution in [3.05, 3.63) is 42.5 Å². The van der Waals surface area contributed by atoms with Gasteiger partial charge >= 0.3 is 0 Å². The summed E-state index contributed by atoms with van der Waals surface area (Å²) in [5, 5.41) is 0.897. The van der Waals surface area contributed by atoms with Crippen LogP contribution in [0.25, 0.3) is 0 Å². The monoisotopic (exact) mass is 236 g/mol. The minimum atomic E-state index is 0.324. The van der Waals surface area contributed by atoms with Crippen molar-refractivity contribution in [2.75, 3.05) is 0 Å². The van der Waals surface area contributed by atoms with Gasteiger partial charge in [0.2, 0.25) is 0 Å². The Labute approximate surface area is 99.7 Å². The Bertz CT molecular complexity index is 373. The summed E-state index contributed by atoms with van der Waals surface area (Å²) in [6.45, 7) is 0. The van der Waals surface area contributed by atoms with Crippen LogP contribution < -0.4 is 0 Å². The summed E-state index contributed by atoms with van der Waals surface area (Å²) in [6.07, 6.45) is 5.91. The molecule has 1 aromatic rings.